The van der Waals surface area contributed by atoms with Gasteiger partial charge in [0.2, 0.25) is 5.91 Å². The van der Waals surface area contributed by atoms with Gasteiger partial charge < -0.3 is 29.6 Å². The minimum absolute atomic E-state index is 0.170. The zero-order valence-electron chi connectivity index (χ0n) is 21.8. The number of aromatic nitrogens is 3. The van der Waals surface area contributed by atoms with Gasteiger partial charge in [-0.3, -0.25) is 9.78 Å². The molecular formula is C25H31N5O7S. The normalized spacial score (nSPS) is 12.0. The van der Waals surface area contributed by atoms with Crippen LogP contribution in [0, 0.1) is 0 Å². The average molecular weight is 546 g/mol. The second kappa shape index (κ2) is 13.1. The summed E-state index contributed by atoms with van der Waals surface area (Å²) < 4.78 is 46.1. The third-order valence-corrected chi connectivity index (χ3v) is 6.05. The number of carbonyl (C=O) groups is 1. The van der Waals surface area contributed by atoms with Gasteiger partial charge in [0.1, 0.15) is 36.3 Å². The van der Waals surface area contributed by atoms with Gasteiger partial charge >= 0.3 is 0 Å². The number of anilines is 3. The smallest absolute Gasteiger partial charge is 0.222 e. The fourth-order valence-corrected chi connectivity index (χ4v) is 3.71. The van der Waals surface area contributed by atoms with Gasteiger partial charge in [0.25, 0.3) is 0 Å². The molecule has 1 amide bonds. The summed E-state index contributed by atoms with van der Waals surface area (Å²) in [5, 5.41) is 5.60. The lowest BCUT2D eigenvalue weighted by Gasteiger charge is -2.16. The highest BCUT2D eigenvalue weighted by atomic mass is 32.2. The van der Waals surface area contributed by atoms with Crippen molar-refractivity contribution < 1.29 is 32.2 Å². The van der Waals surface area contributed by atoms with Crippen LogP contribution in [0.15, 0.2) is 47.8 Å². The van der Waals surface area contributed by atoms with Crippen molar-refractivity contribution in [1.29, 1.82) is 0 Å². The molecule has 0 aliphatic heterocycles. The topological polar surface area (TPSA) is 151 Å². The third kappa shape index (κ3) is 8.36. The van der Waals surface area contributed by atoms with Gasteiger partial charge in [0.15, 0.2) is 14.9 Å². The van der Waals surface area contributed by atoms with E-state index >= 15 is 0 Å². The molecule has 1 atom stereocenters. The molecule has 0 radical (unpaired) electrons. The fraction of sp³-hybridized carbons (Fsp3) is 0.360. The Balaban J connectivity index is 2.00. The van der Waals surface area contributed by atoms with Gasteiger partial charge in [-0.25, -0.2) is 18.4 Å². The summed E-state index contributed by atoms with van der Waals surface area (Å²) in [6.45, 7) is 4.23. The predicted octanol–water partition coefficient (Wildman–Crippen LogP) is 3.08. The first-order chi connectivity index (χ1) is 18.1. The molecule has 0 bridgehead atoms. The average Bonchev–Trinajstić information content (AvgIpc) is 2.87. The summed E-state index contributed by atoms with van der Waals surface area (Å²) in [6, 6.07) is 8.03. The molecule has 0 saturated carbocycles. The molecule has 2 N–H and O–H groups in total. The van der Waals surface area contributed by atoms with Crippen LogP contribution in [-0.2, 0) is 24.1 Å². The van der Waals surface area contributed by atoms with Gasteiger partial charge in [-0.2, -0.15) is 0 Å². The second-order valence-electron chi connectivity index (χ2n) is 8.30. The lowest BCUT2D eigenvalue weighted by Crippen LogP contribution is -2.16. The zero-order chi connectivity index (χ0) is 27.7. The van der Waals surface area contributed by atoms with Crippen LogP contribution in [0.5, 0.6) is 11.5 Å². The summed E-state index contributed by atoms with van der Waals surface area (Å²) in [6.07, 6.45) is 3.97. The number of hydrogen-bond donors (Lipinski definition) is 2. The fourth-order valence-electron chi connectivity index (χ4n) is 3.12. The van der Waals surface area contributed by atoms with Gasteiger partial charge in [0, 0.05) is 57.4 Å². The largest absolute Gasteiger partial charge is 0.491 e. The number of ether oxygens (including phenoxy) is 4. The summed E-state index contributed by atoms with van der Waals surface area (Å²) in [5.74, 6) is 1.05. The Labute approximate surface area is 221 Å². The van der Waals surface area contributed by atoms with Crippen LogP contribution in [0.2, 0.25) is 0 Å². The number of carbonyl (C=O) groups excluding carboxylic acids is 1. The molecule has 0 aliphatic rings. The Hall–Kier alpha value is -3.81. The summed E-state index contributed by atoms with van der Waals surface area (Å²) in [5.41, 5.74) is 1.60. The molecule has 0 saturated heterocycles. The van der Waals surface area contributed by atoms with Crippen molar-refractivity contribution in [3.63, 3.8) is 0 Å². The quantitative estimate of drug-likeness (QED) is 0.305. The molecule has 12 nitrogen and oxygen atoms in total. The van der Waals surface area contributed by atoms with E-state index in [9.17, 15) is 13.2 Å². The highest BCUT2D eigenvalue weighted by Crippen LogP contribution is 2.32. The van der Waals surface area contributed by atoms with Crippen molar-refractivity contribution in [2.45, 2.75) is 25.0 Å². The Morgan fingerprint density at radius 1 is 1.00 bits per heavy atom. The van der Waals surface area contributed by atoms with Crippen LogP contribution >= 0.6 is 0 Å². The molecule has 0 spiro atoms. The number of rotatable bonds is 13. The molecule has 3 heterocycles. The third-order valence-electron chi connectivity index (χ3n) is 5.08. The minimum atomic E-state index is -3.65. The zero-order valence-corrected chi connectivity index (χ0v) is 22.7. The minimum Gasteiger partial charge on any atom is -0.491 e. The Morgan fingerprint density at radius 3 is 2.42 bits per heavy atom. The Morgan fingerprint density at radius 2 is 1.79 bits per heavy atom. The van der Waals surface area contributed by atoms with Gasteiger partial charge in [-0.1, -0.05) is 0 Å². The molecule has 3 rings (SSSR count). The van der Waals surface area contributed by atoms with E-state index in [4.69, 9.17) is 18.9 Å². The number of methoxy groups -OCH3 is 2. The monoisotopic (exact) mass is 545 g/mol. The lowest BCUT2D eigenvalue weighted by molar-refractivity contribution is -0.114. The second-order valence-corrected chi connectivity index (χ2v) is 10.3. The van der Waals surface area contributed by atoms with Crippen molar-refractivity contribution in [3.8, 4) is 22.8 Å². The van der Waals surface area contributed by atoms with Crippen molar-refractivity contribution >= 4 is 33.1 Å². The van der Waals surface area contributed by atoms with E-state index in [1.807, 2.05) is 6.92 Å². The molecule has 3 aromatic heterocycles. The molecule has 204 valence electrons. The highest BCUT2D eigenvalue weighted by Gasteiger charge is 2.16. The first-order valence-corrected chi connectivity index (χ1v) is 13.5. The van der Waals surface area contributed by atoms with Crippen LogP contribution in [0.3, 0.4) is 0 Å². The SMILES string of the molecule is COCCOc1ccc(-c2cnc(NC(C)=O)cc2Nc2cc(OCC(C)OC)cc(S(C)(=O)=O)n2)nc1. The van der Waals surface area contributed by atoms with Crippen molar-refractivity contribution in [2.75, 3.05) is 50.9 Å². The number of hydrogen-bond acceptors (Lipinski definition) is 11. The number of sulfone groups is 1. The molecule has 0 aliphatic carbocycles. The molecule has 0 aromatic carbocycles. The van der Waals surface area contributed by atoms with E-state index in [1.165, 1.54) is 13.0 Å². The van der Waals surface area contributed by atoms with E-state index in [0.29, 0.717) is 41.7 Å². The van der Waals surface area contributed by atoms with Crippen LogP contribution in [0.25, 0.3) is 11.3 Å². The molecular weight excluding hydrogens is 514 g/mol. The number of nitrogens with one attached hydrogen (secondary N) is 2. The Bertz CT molecular complexity index is 1350. The van der Waals surface area contributed by atoms with Crippen molar-refractivity contribution in [3.05, 3.63) is 42.7 Å². The van der Waals surface area contributed by atoms with E-state index in [2.05, 4.69) is 25.6 Å². The van der Waals surface area contributed by atoms with Crippen LogP contribution < -0.4 is 20.1 Å². The summed E-state index contributed by atoms with van der Waals surface area (Å²) >= 11 is 0. The molecule has 13 heteroatoms. The summed E-state index contributed by atoms with van der Waals surface area (Å²) in [7, 11) is -0.507. The molecule has 1 unspecified atom stereocenters. The van der Waals surface area contributed by atoms with Gasteiger partial charge in [-0.15, -0.1) is 0 Å². The Kier molecular flexibility index (Phi) is 9.93. The van der Waals surface area contributed by atoms with Gasteiger partial charge in [0.05, 0.1) is 30.3 Å². The van der Waals surface area contributed by atoms with E-state index in [0.717, 1.165) is 6.26 Å². The maximum atomic E-state index is 12.3. The van der Waals surface area contributed by atoms with Crippen molar-refractivity contribution in [1.82, 2.24) is 15.0 Å². The highest BCUT2D eigenvalue weighted by molar-refractivity contribution is 7.90. The van der Waals surface area contributed by atoms with Crippen LogP contribution in [0.1, 0.15) is 13.8 Å². The number of pyridine rings is 3. The van der Waals surface area contributed by atoms with Crippen molar-refractivity contribution in [2.24, 2.45) is 0 Å². The lowest BCUT2D eigenvalue weighted by atomic mass is 10.1. The van der Waals surface area contributed by atoms with Crippen LogP contribution in [0.4, 0.5) is 17.3 Å². The van der Waals surface area contributed by atoms with E-state index in [-0.39, 0.29) is 35.3 Å². The number of amides is 1. The van der Waals surface area contributed by atoms with Crippen LogP contribution in [-0.4, -0.2) is 75.7 Å². The first kappa shape index (κ1) is 28.8. The first-order valence-electron chi connectivity index (χ1n) is 11.6. The standard InChI is InChI=1S/C25H31N5O7S/c1-16(35-4)15-37-19-10-24(30-25(11-19)38(5,32)33)29-22-12-23(28-17(2)31)27-14-20(22)21-7-6-18(13-26-21)36-9-8-34-3/h6-7,10-14,16H,8-9,15H2,1-5H3,(H2,27,28,29,30,31). The maximum Gasteiger partial charge on any atom is 0.222 e. The van der Waals surface area contributed by atoms with Gasteiger partial charge in [-0.05, 0) is 19.1 Å². The van der Waals surface area contributed by atoms with E-state index < -0.39 is 9.84 Å². The number of nitrogens with zero attached hydrogens (tertiary/aromatic N) is 3. The molecule has 3 aromatic rings. The summed E-state index contributed by atoms with van der Waals surface area (Å²) in [4.78, 5) is 24.6. The predicted molar refractivity (Wildman–Crippen MR) is 142 cm³/mol. The van der Waals surface area contributed by atoms with E-state index in [1.54, 1.807) is 50.9 Å². The molecule has 0 fully saturated rings. The molecule has 38 heavy (non-hydrogen) atoms. The maximum absolute atomic E-state index is 12.3.